The molecule has 3 nitrogen and oxygen atoms in total. The quantitative estimate of drug-likeness (QED) is 0.275. The molecule has 0 amide bonds. The zero-order valence-electron chi connectivity index (χ0n) is 14.2. The SMILES string of the molecule is COc1ccc2c(Oc3ccc(OI)cc3)c(-c3ccc(F)cc3)sc2c1. The van der Waals surface area contributed by atoms with E-state index in [0.717, 1.165) is 37.8 Å². The molecule has 0 bridgehead atoms. The lowest BCUT2D eigenvalue weighted by atomic mass is 10.1. The fourth-order valence-corrected chi connectivity index (χ4v) is 4.21. The van der Waals surface area contributed by atoms with Crippen molar-refractivity contribution in [2.45, 2.75) is 0 Å². The molecular weight excluding hydrogens is 478 g/mol. The largest absolute Gasteiger partial charge is 0.497 e. The standard InChI is InChI=1S/C21H14FIO3S/c1-24-17-10-11-18-19(12-17)27-21(13-2-4-14(22)5-3-13)20(18)25-15-6-8-16(26-23)9-7-15/h2-12H,1H3. The summed E-state index contributed by atoms with van der Waals surface area (Å²) in [4.78, 5) is 0.937. The topological polar surface area (TPSA) is 27.7 Å². The Morgan fingerprint density at radius 1 is 0.852 bits per heavy atom. The number of hydrogen-bond acceptors (Lipinski definition) is 4. The van der Waals surface area contributed by atoms with Gasteiger partial charge in [0.25, 0.3) is 0 Å². The maximum Gasteiger partial charge on any atom is 0.192 e. The van der Waals surface area contributed by atoms with Gasteiger partial charge in [0.15, 0.2) is 28.8 Å². The third-order valence-corrected chi connectivity index (χ3v) is 5.78. The smallest absolute Gasteiger partial charge is 0.192 e. The van der Waals surface area contributed by atoms with Gasteiger partial charge in [-0.25, -0.2) is 4.39 Å². The van der Waals surface area contributed by atoms with Gasteiger partial charge in [0, 0.05) is 10.1 Å². The van der Waals surface area contributed by atoms with Gasteiger partial charge in [-0.2, -0.15) is 0 Å². The molecule has 0 saturated heterocycles. The minimum Gasteiger partial charge on any atom is -0.497 e. The average molecular weight is 492 g/mol. The van der Waals surface area contributed by atoms with E-state index >= 15 is 0 Å². The molecule has 6 heteroatoms. The molecule has 0 aliphatic rings. The van der Waals surface area contributed by atoms with Crippen LogP contribution in [0.3, 0.4) is 0 Å². The van der Waals surface area contributed by atoms with Crippen LogP contribution in [0.1, 0.15) is 0 Å². The first-order valence-corrected chi connectivity index (χ1v) is 9.80. The molecule has 0 aliphatic heterocycles. The van der Waals surface area contributed by atoms with Crippen LogP contribution in [0.4, 0.5) is 4.39 Å². The van der Waals surface area contributed by atoms with E-state index in [-0.39, 0.29) is 5.82 Å². The number of rotatable bonds is 5. The average Bonchev–Trinajstić information content (AvgIpc) is 3.06. The van der Waals surface area contributed by atoms with E-state index in [1.54, 1.807) is 30.6 Å². The van der Waals surface area contributed by atoms with Gasteiger partial charge in [0.1, 0.15) is 23.1 Å². The molecule has 0 saturated carbocycles. The maximum absolute atomic E-state index is 13.4. The zero-order chi connectivity index (χ0) is 18.8. The highest BCUT2D eigenvalue weighted by Gasteiger charge is 2.17. The third kappa shape index (κ3) is 3.72. The number of ether oxygens (including phenoxy) is 2. The molecule has 136 valence electrons. The summed E-state index contributed by atoms with van der Waals surface area (Å²) in [6.07, 6.45) is 0. The second-order valence-corrected chi connectivity index (χ2v) is 7.27. The normalized spacial score (nSPS) is 10.8. The monoisotopic (exact) mass is 492 g/mol. The van der Waals surface area contributed by atoms with Gasteiger partial charge in [-0.1, -0.05) is 12.1 Å². The number of benzene rings is 3. The van der Waals surface area contributed by atoms with Crippen LogP contribution in [-0.2, 0) is 0 Å². The molecule has 4 rings (SSSR count). The molecule has 0 N–H and O–H groups in total. The molecule has 0 radical (unpaired) electrons. The molecular formula is C21H14FIO3S. The first kappa shape index (κ1) is 18.1. The van der Waals surface area contributed by atoms with Crippen LogP contribution in [-0.4, -0.2) is 7.11 Å². The van der Waals surface area contributed by atoms with Crippen LogP contribution < -0.4 is 12.5 Å². The van der Waals surface area contributed by atoms with Crippen molar-refractivity contribution in [2.24, 2.45) is 0 Å². The Bertz CT molecular complexity index is 1080. The van der Waals surface area contributed by atoms with Crippen LogP contribution in [0.2, 0.25) is 0 Å². The highest BCUT2D eigenvalue weighted by molar-refractivity contribution is 14.1. The number of fused-ring (bicyclic) bond motifs is 1. The summed E-state index contributed by atoms with van der Waals surface area (Å²) in [7, 11) is 1.64. The summed E-state index contributed by atoms with van der Waals surface area (Å²) in [5.41, 5.74) is 0.902. The van der Waals surface area contributed by atoms with Gasteiger partial charge in [0.2, 0.25) is 0 Å². The van der Waals surface area contributed by atoms with E-state index in [2.05, 4.69) is 0 Å². The molecule has 0 spiro atoms. The minimum atomic E-state index is -0.265. The minimum absolute atomic E-state index is 0.265. The van der Waals surface area contributed by atoms with Crippen molar-refractivity contribution in [3.8, 4) is 33.4 Å². The Kier molecular flexibility index (Phi) is 5.18. The summed E-state index contributed by atoms with van der Waals surface area (Å²) in [6, 6.07) is 19.7. The van der Waals surface area contributed by atoms with Gasteiger partial charge in [-0.05, 0) is 60.2 Å². The van der Waals surface area contributed by atoms with Crippen molar-refractivity contribution in [1.82, 2.24) is 0 Å². The van der Waals surface area contributed by atoms with Crippen LogP contribution in [0, 0.1) is 5.82 Å². The molecule has 1 heterocycles. The number of hydrogen-bond donors (Lipinski definition) is 0. The fraction of sp³-hybridized carbons (Fsp3) is 0.0476. The summed E-state index contributed by atoms with van der Waals surface area (Å²) in [6.45, 7) is 0. The van der Waals surface area contributed by atoms with Gasteiger partial charge in [-0.3, -0.25) is 0 Å². The van der Waals surface area contributed by atoms with Crippen molar-refractivity contribution >= 4 is 44.4 Å². The lowest BCUT2D eigenvalue weighted by Gasteiger charge is -2.09. The highest BCUT2D eigenvalue weighted by Crippen LogP contribution is 2.47. The third-order valence-electron chi connectivity index (χ3n) is 4.09. The van der Waals surface area contributed by atoms with E-state index in [4.69, 9.17) is 12.5 Å². The number of methoxy groups -OCH3 is 1. The molecule has 27 heavy (non-hydrogen) atoms. The van der Waals surface area contributed by atoms with Gasteiger partial charge in [-0.15, -0.1) is 11.3 Å². The first-order valence-electron chi connectivity index (χ1n) is 8.11. The number of thiophene rings is 1. The Morgan fingerprint density at radius 3 is 2.19 bits per heavy atom. The van der Waals surface area contributed by atoms with Crippen molar-refractivity contribution in [3.63, 3.8) is 0 Å². The second-order valence-electron chi connectivity index (χ2n) is 5.78. The number of halogens is 2. The molecule has 0 unspecified atom stereocenters. The predicted octanol–water partition coefficient (Wildman–Crippen LogP) is 7.24. The van der Waals surface area contributed by atoms with Crippen LogP contribution in [0.5, 0.6) is 23.0 Å². The van der Waals surface area contributed by atoms with Crippen LogP contribution in [0.25, 0.3) is 20.5 Å². The maximum atomic E-state index is 13.4. The molecule has 4 aromatic rings. The zero-order valence-corrected chi connectivity index (χ0v) is 17.2. The molecule has 0 atom stereocenters. The molecule has 0 aliphatic carbocycles. The van der Waals surface area contributed by atoms with Gasteiger partial charge in [0.05, 0.1) is 12.0 Å². The Balaban J connectivity index is 1.84. The molecule has 3 aromatic carbocycles. The van der Waals surface area contributed by atoms with Crippen molar-refractivity contribution < 1.29 is 16.9 Å². The summed E-state index contributed by atoms with van der Waals surface area (Å²) < 4.78 is 31.2. The van der Waals surface area contributed by atoms with E-state index in [0.29, 0.717) is 5.75 Å². The Hall–Kier alpha value is -2.32. The highest BCUT2D eigenvalue weighted by atomic mass is 127. The summed E-state index contributed by atoms with van der Waals surface area (Å²) in [5, 5.41) is 0.981. The van der Waals surface area contributed by atoms with E-state index in [9.17, 15) is 4.39 Å². The second kappa shape index (κ2) is 7.74. The van der Waals surface area contributed by atoms with Crippen molar-refractivity contribution in [2.75, 3.05) is 7.11 Å². The van der Waals surface area contributed by atoms with Crippen molar-refractivity contribution in [1.29, 1.82) is 0 Å². The van der Waals surface area contributed by atoms with Crippen LogP contribution in [0.15, 0.2) is 66.7 Å². The fourth-order valence-electron chi connectivity index (χ4n) is 2.75. The predicted molar refractivity (Wildman–Crippen MR) is 115 cm³/mol. The lowest BCUT2D eigenvalue weighted by Crippen LogP contribution is -1.86. The van der Waals surface area contributed by atoms with E-state index in [1.165, 1.54) is 12.1 Å². The van der Waals surface area contributed by atoms with E-state index < -0.39 is 0 Å². The lowest BCUT2D eigenvalue weighted by molar-refractivity contribution is 0.415. The van der Waals surface area contributed by atoms with Crippen LogP contribution >= 0.6 is 34.3 Å². The van der Waals surface area contributed by atoms with Crippen molar-refractivity contribution in [3.05, 3.63) is 72.5 Å². The van der Waals surface area contributed by atoms with Gasteiger partial charge >= 0.3 is 0 Å². The Morgan fingerprint density at radius 2 is 1.52 bits per heavy atom. The first-order chi connectivity index (χ1) is 13.2. The van der Waals surface area contributed by atoms with E-state index in [1.807, 2.05) is 65.5 Å². The van der Waals surface area contributed by atoms with Gasteiger partial charge < -0.3 is 12.5 Å². The Labute approximate surface area is 174 Å². The molecule has 0 fully saturated rings. The summed E-state index contributed by atoms with van der Waals surface area (Å²) >= 11 is 3.43. The molecule has 1 aromatic heterocycles. The summed E-state index contributed by atoms with van der Waals surface area (Å²) in [5.74, 6) is 2.71.